The number of halogens is 1. The summed E-state index contributed by atoms with van der Waals surface area (Å²) >= 11 is 3.38. The molecule has 108 valence electrons. The van der Waals surface area contributed by atoms with Gasteiger partial charge in [0.25, 0.3) is 0 Å². The Labute approximate surface area is 125 Å². The lowest BCUT2D eigenvalue weighted by Gasteiger charge is -2.12. The zero-order chi connectivity index (χ0) is 15.0. The van der Waals surface area contributed by atoms with Gasteiger partial charge in [0.2, 0.25) is 5.91 Å². The molecule has 0 saturated heterocycles. The zero-order valence-corrected chi connectivity index (χ0v) is 12.6. The van der Waals surface area contributed by atoms with Crippen molar-refractivity contribution in [2.45, 2.75) is 12.5 Å². The summed E-state index contributed by atoms with van der Waals surface area (Å²) in [6.45, 7) is 0.155. The number of ether oxygens (including phenoxy) is 1. The lowest BCUT2D eigenvalue weighted by molar-refractivity contribution is -0.140. The third-order valence-electron chi connectivity index (χ3n) is 2.56. The lowest BCUT2D eigenvalue weighted by atomic mass is 10.2. The van der Waals surface area contributed by atoms with E-state index in [-0.39, 0.29) is 18.9 Å². The molecule has 0 aliphatic rings. The molecule has 0 aromatic heterocycles. The Balaban J connectivity index is 2.47. The first-order valence-electron chi connectivity index (χ1n) is 5.98. The van der Waals surface area contributed by atoms with Crippen molar-refractivity contribution in [1.29, 1.82) is 0 Å². The molecular formula is C14H16BrNO4. The normalized spacial score (nSPS) is 12.3. The molecule has 2 N–H and O–H groups in total. The minimum absolute atomic E-state index is 0.148. The number of carboxylic acid groups (broad SMARTS) is 1. The fourth-order valence-corrected chi connectivity index (χ4v) is 1.90. The summed E-state index contributed by atoms with van der Waals surface area (Å²) in [4.78, 5) is 22.2. The van der Waals surface area contributed by atoms with Crippen LogP contribution in [0.4, 0.5) is 0 Å². The Bertz CT molecular complexity index is 502. The second kappa shape index (κ2) is 8.50. The molecule has 0 radical (unpaired) electrons. The first kappa shape index (κ1) is 16.4. The van der Waals surface area contributed by atoms with Gasteiger partial charge in [0.1, 0.15) is 0 Å². The molecule has 0 aliphatic heterocycles. The number of aliphatic carboxylic acids is 1. The second-order valence-electron chi connectivity index (χ2n) is 4.06. The van der Waals surface area contributed by atoms with Crippen LogP contribution in [0.3, 0.4) is 0 Å². The van der Waals surface area contributed by atoms with E-state index in [1.165, 1.54) is 13.2 Å². The van der Waals surface area contributed by atoms with Gasteiger partial charge in [-0.2, -0.15) is 0 Å². The average Bonchev–Trinajstić information content (AvgIpc) is 2.42. The summed E-state index contributed by atoms with van der Waals surface area (Å²) in [6.07, 6.45) is 2.39. The number of methoxy groups -OCH3 is 1. The maximum Gasteiger partial charge on any atom is 0.306 e. The number of hydrogen-bond donors (Lipinski definition) is 2. The van der Waals surface area contributed by atoms with Crippen LogP contribution in [0.2, 0.25) is 0 Å². The topological polar surface area (TPSA) is 75.6 Å². The second-order valence-corrected chi connectivity index (χ2v) is 4.91. The predicted octanol–water partition coefficient (Wildman–Crippen LogP) is 2.07. The Morgan fingerprint density at radius 2 is 2.15 bits per heavy atom. The molecule has 1 rings (SSSR count). The first-order chi connectivity index (χ1) is 9.52. The van der Waals surface area contributed by atoms with Crippen LogP contribution >= 0.6 is 15.9 Å². The highest BCUT2D eigenvalue weighted by molar-refractivity contribution is 9.10. The van der Waals surface area contributed by atoms with E-state index in [0.717, 1.165) is 10.0 Å². The number of carboxylic acids is 1. The third kappa shape index (κ3) is 5.99. The Morgan fingerprint density at radius 3 is 2.75 bits per heavy atom. The third-order valence-corrected chi connectivity index (χ3v) is 3.28. The van der Waals surface area contributed by atoms with Crippen LogP contribution in [0, 0.1) is 0 Å². The highest BCUT2D eigenvalue weighted by Crippen LogP contribution is 2.16. The van der Waals surface area contributed by atoms with Gasteiger partial charge in [0.05, 0.1) is 12.5 Å². The van der Waals surface area contributed by atoms with Crippen LogP contribution in [0.1, 0.15) is 12.0 Å². The van der Waals surface area contributed by atoms with Crippen molar-refractivity contribution in [3.05, 3.63) is 40.4 Å². The number of benzene rings is 1. The Kier molecular flexibility index (Phi) is 6.97. The van der Waals surface area contributed by atoms with Crippen LogP contribution in [0.15, 0.2) is 34.8 Å². The van der Waals surface area contributed by atoms with Crippen LogP contribution in [-0.4, -0.2) is 36.7 Å². The van der Waals surface area contributed by atoms with E-state index < -0.39 is 12.1 Å². The molecular weight excluding hydrogens is 326 g/mol. The highest BCUT2D eigenvalue weighted by Gasteiger charge is 2.12. The smallest absolute Gasteiger partial charge is 0.306 e. The van der Waals surface area contributed by atoms with Crippen molar-refractivity contribution < 1.29 is 19.4 Å². The molecule has 0 bridgehead atoms. The number of carbonyl (C=O) groups excluding carboxylic acids is 1. The largest absolute Gasteiger partial charge is 0.481 e. The molecule has 1 atom stereocenters. The van der Waals surface area contributed by atoms with Crippen molar-refractivity contribution in [2.75, 3.05) is 13.7 Å². The van der Waals surface area contributed by atoms with Crippen LogP contribution in [0.5, 0.6) is 0 Å². The van der Waals surface area contributed by atoms with Crippen molar-refractivity contribution in [2.24, 2.45) is 0 Å². The molecule has 1 amide bonds. The van der Waals surface area contributed by atoms with E-state index >= 15 is 0 Å². The molecule has 5 nitrogen and oxygen atoms in total. The van der Waals surface area contributed by atoms with Crippen LogP contribution in [-0.2, 0) is 14.3 Å². The lowest BCUT2D eigenvalue weighted by Crippen LogP contribution is -2.33. The summed E-state index contributed by atoms with van der Waals surface area (Å²) in [6, 6.07) is 7.51. The number of hydrogen-bond acceptors (Lipinski definition) is 3. The molecule has 1 aromatic carbocycles. The molecule has 0 aliphatic carbocycles. The molecule has 1 unspecified atom stereocenters. The quantitative estimate of drug-likeness (QED) is 0.744. The minimum atomic E-state index is -0.963. The fourth-order valence-electron chi connectivity index (χ4n) is 1.48. The molecule has 0 fully saturated rings. The van der Waals surface area contributed by atoms with Gasteiger partial charge in [-0.3, -0.25) is 9.59 Å². The van der Waals surface area contributed by atoms with Crippen LogP contribution in [0.25, 0.3) is 6.08 Å². The van der Waals surface area contributed by atoms with Gasteiger partial charge in [0, 0.05) is 24.2 Å². The monoisotopic (exact) mass is 341 g/mol. The van der Waals surface area contributed by atoms with Gasteiger partial charge in [-0.05, 0) is 17.7 Å². The van der Waals surface area contributed by atoms with Crippen molar-refractivity contribution in [3.8, 4) is 0 Å². The molecule has 6 heteroatoms. The summed E-state index contributed by atoms with van der Waals surface area (Å²) in [5.41, 5.74) is 0.886. The average molecular weight is 342 g/mol. The SMILES string of the molecule is COC(CNC(=O)/C=C/c1ccccc1Br)CC(=O)O. The maximum absolute atomic E-state index is 11.6. The summed E-state index contributed by atoms with van der Waals surface area (Å²) in [7, 11) is 1.41. The van der Waals surface area contributed by atoms with E-state index in [9.17, 15) is 9.59 Å². The van der Waals surface area contributed by atoms with Crippen molar-refractivity contribution in [3.63, 3.8) is 0 Å². The molecule has 0 spiro atoms. The first-order valence-corrected chi connectivity index (χ1v) is 6.77. The van der Waals surface area contributed by atoms with Gasteiger partial charge in [-0.25, -0.2) is 0 Å². The predicted molar refractivity (Wildman–Crippen MR) is 79.2 cm³/mol. The number of rotatable bonds is 7. The summed E-state index contributed by atoms with van der Waals surface area (Å²) < 4.78 is 5.86. The van der Waals surface area contributed by atoms with Crippen molar-refractivity contribution in [1.82, 2.24) is 5.32 Å². The maximum atomic E-state index is 11.6. The number of nitrogens with one attached hydrogen (secondary N) is 1. The number of carbonyl (C=O) groups is 2. The van der Waals surface area contributed by atoms with E-state index in [1.807, 2.05) is 24.3 Å². The number of amides is 1. The standard InChI is InChI=1S/C14H16BrNO4/c1-20-11(8-14(18)19)9-16-13(17)7-6-10-4-2-3-5-12(10)15/h2-7,11H,8-9H2,1H3,(H,16,17)(H,18,19)/b7-6+. The Hall–Kier alpha value is -1.66. The van der Waals surface area contributed by atoms with E-state index in [0.29, 0.717) is 0 Å². The molecule has 1 aromatic rings. The van der Waals surface area contributed by atoms with Gasteiger partial charge >= 0.3 is 5.97 Å². The minimum Gasteiger partial charge on any atom is -0.481 e. The molecule has 0 heterocycles. The summed E-state index contributed by atoms with van der Waals surface area (Å²) in [5.74, 6) is -1.26. The summed E-state index contributed by atoms with van der Waals surface area (Å²) in [5, 5.41) is 11.3. The van der Waals surface area contributed by atoms with Crippen LogP contribution < -0.4 is 5.32 Å². The van der Waals surface area contributed by atoms with Gasteiger partial charge in [-0.1, -0.05) is 34.1 Å². The van der Waals surface area contributed by atoms with Crippen molar-refractivity contribution >= 4 is 33.9 Å². The van der Waals surface area contributed by atoms with E-state index in [4.69, 9.17) is 9.84 Å². The van der Waals surface area contributed by atoms with E-state index in [1.54, 1.807) is 6.08 Å². The van der Waals surface area contributed by atoms with E-state index in [2.05, 4.69) is 21.2 Å². The molecule has 20 heavy (non-hydrogen) atoms. The van der Waals surface area contributed by atoms with Gasteiger partial charge < -0.3 is 15.2 Å². The zero-order valence-electron chi connectivity index (χ0n) is 11.0. The molecule has 0 saturated carbocycles. The highest BCUT2D eigenvalue weighted by atomic mass is 79.9. The van der Waals surface area contributed by atoms with Gasteiger partial charge in [0.15, 0.2) is 0 Å². The fraction of sp³-hybridized carbons (Fsp3) is 0.286. The Morgan fingerprint density at radius 1 is 1.45 bits per heavy atom. The van der Waals surface area contributed by atoms with Gasteiger partial charge in [-0.15, -0.1) is 0 Å².